The number of ether oxygens (including phenoxy) is 1. The highest BCUT2D eigenvalue weighted by molar-refractivity contribution is 9.09. The van der Waals surface area contributed by atoms with E-state index in [0.29, 0.717) is 13.0 Å². The van der Waals surface area contributed by atoms with E-state index in [9.17, 15) is 14.4 Å². The van der Waals surface area contributed by atoms with Gasteiger partial charge in [0, 0.05) is 17.8 Å². The van der Waals surface area contributed by atoms with Crippen molar-refractivity contribution in [3.63, 3.8) is 0 Å². The van der Waals surface area contributed by atoms with Crippen LogP contribution in [0.25, 0.3) is 0 Å². The van der Waals surface area contributed by atoms with E-state index < -0.39 is 23.7 Å². The van der Waals surface area contributed by atoms with Crippen molar-refractivity contribution in [1.82, 2.24) is 10.2 Å². The third-order valence-electron chi connectivity index (χ3n) is 2.56. The molecule has 1 aliphatic rings. The molecule has 0 bridgehead atoms. The summed E-state index contributed by atoms with van der Waals surface area (Å²) in [5.74, 6) is -1.34. The number of hydrogen-bond acceptors (Lipinski definition) is 4. The fourth-order valence-electron chi connectivity index (χ4n) is 1.76. The minimum atomic E-state index is -1.21. The number of carbonyl (C=O) groups excluding carboxylic acids is 2. The number of alkyl carbamates (subject to hydrolysis) is 1. The van der Waals surface area contributed by atoms with Crippen molar-refractivity contribution in [2.75, 3.05) is 13.1 Å². The molecule has 0 spiro atoms. The van der Waals surface area contributed by atoms with Crippen LogP contribution in [0, 0.1) is 0 Å². The minimum absolute atomic E-state index is 0.0194. The van der Waals surface area contributed by atoms with Crippen LogP contribution in [0.1, 0.15) is 27.2 Å². The number of amides is 2. The van der Waals surface area contributed by atoms with Gasteiger partial charge in [-0.25, -0.2) is 9.59 Å². The summed E-state index contributed by atoms with van der Waals surface area (Å²) in [7, 11) is 0. The number of likely N-dealkylation sites (tertiary alicyclic amines) is 1. The Balaban J connectivity index is 2.59. The first kappa shape index (κ1) is 16.7. The van der Waals surface area contributed by atoms with Crippen LogP contribution in [0.3, 0.4) is 0 Å². The molecular weight excluding hydrogens is 332 g/mol. The Kier molecular flexibility index (Phi) is 5.38. The zero-order valence-electron chi connectivity index (χ0n) is 11.7. The second-order valence-electron chi connectivity index (χ2n) is 5.64. The maximum Gasteiger partial charge on any atom is 0.408 e. The number of carbonyl (C=O) groups is 3. The second kappa shape index (κ2) is 6.43. The number of alkyl halides is 1. The fraction of sp³-hybridized carbons (Fsp3) is 0.750. The first-order chi connectivity index (χ1) is 9.08. The van der Waals surface area contributed by atoms with Crippen LogP contribution in [0.4, 0.5) is 4.79 Å². The van der Waals surface area contributed by atoms with Crippen LogP contribution in [-0.4, -0.2) is 57.5 Å². The van der Waals surface area contributed by atoms with Crippen molar-refractivity contribution in [2.45, 2.75) is 43.7 Å². The maximum atomic E-state index is 11.6. The second-order valence-corrected chi connectivity index (χ2v) is 6.93. The quantitative estimate of drug-likeness (QED) is 0.736. The number of hydrogen-bond donors (Lipinski definition) is 2. The number of aliphatic carboxylic acids is 1. The third kappa shape index (κ3) is 5.36. The Bertz CT molecular complexity index is 407. The van der Waals surface area contributed by atoms with Crippen molar-refractivity contribution in [2.24, 2.45) is 0 Å². The third-order valence-corrected chi connectivity index (χ3v) is 3.17. The summed E-state index contributed by atoms with van der Waals surface area (Å²) in [6.45, 7) is 5.40. The SMILES string of the molecule is CC(C)(C)OC(=O)N[C@@H](CN1CC(Br)CC1=O)C(=O)O. The molecule has 1 unspecified atom stereocenters. The number of carboxylic acids is 1. The van der Waals surface area contributed by atoms with Crippen LogP contribution in [-0.2, 0) is 14.3 Å². The summed E-state index contributed by atoms with van der Waals surface area (Å²) in [5.41, 5.74) is -0.711. The maximum absolute atomic E-state index is 11.6. The molecule has 2 atom stereocenters. The van der Waals surface area contributed by atoms with E-state index in [0.717, 1.165) is 0 Å². The lowest BCUT2D eigenvalue weighted by atomic mass is 10.2. The molecule has 1 fully saturated rings. The van der Waals surface area contributed by atoms with E-state index in [1.807, 2.05) is 0 Å². The van der Waals surface area contributed by atoms with Gasteiger partial charge in [-0.2, -0.15) is 0 Å². The van der Waals surface area contributed by atoms with E-state index in [1.54, 1.807) is 20.8 Å². The van der Waals surface area contributed by atoms with Crippen molar-refractivity contribution in [1.29, 1.82) is 0 Å². The van der Waals surface area contributed by atoms with Gasteiger partial charge in [-0.1, -0.05) is 15.9 Å². The number of rotatable bonds is 4. The summed E-state index contributed by atoms with van der Waals surface area (Å²) in [6.07, 6.45) is -0.481. The monoisotopic (exact) mass is 350 g/mol. The van der Waals surface area contributed by atoms with Crippen molar-refractivity contribution in [3.05, 3.63) is 0 Å². The van der Waals surface area contributed by atoms with Crippen molar-refractivity contribution < 1.29 is 24.2 Å². The van der Waals surface area contributed by atoms with Crippen molar-refractivity contribution in [3.8, 4) is 0 Å². The molecule has 1 heterocycles. The summed E-state index contributed by atoms with van der Waals surface area (Å²) >= 11 is 3.31. The smallest absolute Gasteiger partial charge is 0.408 e. The molecule has 1 rings (SSSR count). The lowest BCUT2D eigenvalue weighted by Gasteiger charge is -2.24. The van der Waals surface area contributed by atoms with Crippen LogP contribution < -0.4 is 5.32 Å². The van der Waals surface area contributed by atoms with Gasteiger partial charge in [0.15, 0.2) is 0 Å². The summed E-state index contributed by atoms with van der Waals surface area (Å²) in [4.78, 5) is 35.8. The molecule has 1 saturated heterocycles. The predicted octanol–water partition coefficient (Wildman–Crippen LogP) is 0.960. The number of nitrogens with one attached hydrogen (secondary N) is 1. The van der Waals surface area contributed by atoms with Gasteiger partial charge in [0.25, 0.3) is 0 Å². The van der Waals surface area contributed by atoms with Gasteiger partial charge in [-0.3, -0.25) is 4.79 Å². The van der Waals surface area contributed by atoms with Gasteiger partial charge in [0.2, 0.25) is 5.91 Å². The standard InChI is InChI=1S/C12H19BrN2O5/c1-12(2,3)20-11(19)14-8(10(17)18)6-15-5-7(13)4-9(15)16/h7-8H,4-6H2,1-3H3,(H,14,19)(H,17,18)/t7?,8-/m0/s1. The molecule has 0 saturated carbocycles. The molecule has 1 aliphatic heterocycles. The molecule has 0 aromatic carbocycles. The van der Waals surface area contributed by atoms with E-state index in [-0.39, 0.29) is 17.3 Å². The van der Waals surface area contributed by atoms with Gasteiger partial charge in [0.1, 0.15) is 11.6 Å². The van der Waals surface area contributed by atoms with E-state index in [1.165, 1.54) is 4.90 Å². The number of nitrogens with zero attached hydrogens (tertiary/aromatic N) is 1. The molecule has 0 aliphatic carbocycles. The molecular formula is C12H19BrN2O5. The molecule has 2 N–H and O–H groups in total. The van der Waals surface area contributed by atoms with Gasteiger partial charge in [-0.15, -0.1) is 0 Å². The zero-order chi connectivity index (χ0) is 15.5. The van der Waals surface area contributed by atoms with E-state index >= 15 is 0 Å². The highest BCUT2D eigenvalue weighted by Crippen LogP contribution is 2.18. The zero-order valence-corrected chi connectivity index (χ0v) is 13.3. The first-order valence-electron chi connectivity index (χ1n) is 6.22. The molecule has 0 aromatic rings. The molecule has 8 heteroatoms. The first-order valence-corrected chi connectivity index (χ1v) is 7.14. The van der Waals surface area contributed by atoms with Crippen LogP contribution in [0.5, 0.6) is 0 Å². The van der Waals surface area contributed by atoms with E-state index in [4.69, 9.17) is 9.84 Å². The summed E-state index contributed by atoms with van der Waals surface area (Å²) < 4.78 is 5.00. The Morgan fingerprint density at radius 3 is 2.55 bits per heavy atom. The Morgan fingerprint density at radius 1 is 1.55 bits per heavy atom. The Hall–Kier alpha value is -1.31. The van der Waals surface area contributed by atoms with E-state index in [2.05, 4.69) is 21.2 Å². The Labute approximate surface area is 125 Å². The van der Waals surface area contributed by atoms with Gasteiger partial charge in [0.05, 0.1) is 6.54 Å². The molecule has 0 aromatic heterocycles. The molecule has 0 radical (unpaired) electrons. The van der Waals surface area contributed by atoms with Gasteiger partial charge >= 0.3 is 12.1 Å². The Morgan fingerprint density at radius 2 is 2.15 bits per heavy atom. The van der Waals surface area contributed by atoms with Gasteiger partial charge in [-0.05, 0) is 20.8 Å². The molecule has 20 heavy (non-hydrogen) atoms. The normalized spacial score (nSPS) is 20.7. The summed E-state index contributed by atoms with van der Waals surface area (Å²) in [6, 6.07) is -1.19. The fourth-order valence-corrected chi connectivity index (χ4v) is 2.38. The average Bonchev–Trinajstić information content (AvgIpc) is 2.53. The summed E-state index contributed by atoms with van der Waals surface area (Å²) in [5, 5.41) is 11.4. The van der Waals surface area contributed by atoms with Crippen LogP contribution in [0.15, 0.2) is 0 Å². The minimum Gasteiger partial charge on any atom is -0.480 e. The number of carboxylic acid groups (broad SMARTS) is 1. The lowest BCUT2D eigenvalue weighted by Crippen LogP contribution is -2.50. The highest BCUT2D eigenvalue weighted by Gasteiger charge is 2.33. The average molecular weight is 351 g/mol. The molecule has 2 amide bonds. The van der Waals surface area contributed by atoms with Crippen LogP contribution >= 0.6 is 15.9 Å². The topological polar surface area (TPSA) is 95.9 Å². The largest absolute Gasteiger partial charge is 0.480 e. The van der Waals surface area contributed by atoms with Crippen molar-refractivity contribution >= 4 is 33.9 Å². The lowest BCUT2D eigenvalue weighted by molar-refractivity contribution is -0.140. The highest BCUT2D eigenvalue weighted by atomic mass is 79.9. The predicted molar refractivity (Wildman–Crippen MR) is 74.7 cm³/mol. The van der Waals surface area contributed by atoms with Gasteiger partial charge < -0.3 is 20.1 Å². The number of halogens is 1. The molecule has 114 valence electrons. The van der Waals surface area contributed by atoms with Crippen LogP contribution in [0.2, 0.25) is 0 Å². The molecule has 7 nitrogen and oxygen atoms in total.